The van der Waals surface area contributed by atoms with Crippen LogP contribution in [0.25, 0.3) is 0 Å². The van der Waals surface area contributed by atoms with Crippen LogP contribution in [-0.2, 0) is 15.7 Å². The van der Waals surface area contributed by atoms with Gasteiger partial charge >= 0.3 is 12.1 Å². The van der Waals surface area contributed by atoms with Gasteiger partial charge in [-0.05, 0) is 19.8 Å². The van der Waals surface area contributed by atoms with Crippen molar-refractivity contribution in [2.75, 3.05) is 19.7 Å². The van der Waals surface area contributed by atoms with Crippen molar-refractivity contribution in [1.82, 2.24) is 9.88 Å². The summed E-state index contributed by atoms with van der Waals surface area (Å²) in [5, 5.41) is 0. The first-order valence-corrected chi connectivity index (χ1v) is 7.69. The fourth-order valence-corrected chi connectivity index (χ4v) is 3.13. The number of rotatable bonds is 3. The first kappa shape index (κ1) is 16.7. The number of likely N-dealkylation sites (tertiary alicyclic amines) is 1. The lowest BCUT2D eigenvalue weighted by Crippen LogP contribution is -2.43. The Morgan fingerprint density at radius 3 is 2.86 bits per heavy atom. The van der Waals surface area contributed by atoms with E-state index in [9.17, 15) is 22.8 Å². The molecule has 0 aromatic carbocycles. The molecule has 1 aliphatic heterocycles. The van der Waals surface area contributed by atoms with Crippen LogP contribution in [0.15, 0.2) is 5.51 Å². The summed E-state index contributed by atoms with van der Waals surface area (Å²) >= 11 is 0.660. The van der Waals surface area contributed by atoms with Crippen molar-refractivity contribution in [3.05, 3.63) is 16.1 Å². The second-order valence-corrected chi connectivity index (χ2v) is 5.72. The molecule has 0 bridgehead atoms. The third-order valence-corrected chi connectivity index (χ3v) is 4.17. The average Bonchev–Trinajstić information content (AvgIpc) is 2.96. The Morgan fingerprint density at radius 1 is 1.50 bits per heavy atom. The van der Waals surface area contributed by atoms with Gasteiger partial charge in [-0.3, -0.25) is 9.59 Å². The highest BCUT2D eigenvalue weighted by atomic mass is 32.1. The summed E-state index contributed by atoms with van der Waals surface area (Å²) in [5.74, 6) is -1.64. The maximum absolute atomic E-state index is 12.8. The Hall–Kier alpha value is -1.64. The van der Waals surface area contributed by atoms with Gasteiger partial charge in [0.05, 0.1) is 18.0 Å². The van der Waals surface area contributed by atoms with E-state index in [1.165, 1.54) is 4.90 Å². The van der Waals surface area contributed by atoms with Crippen LogP contribution in [0.4, 0.5) is 13.2 Å². The molecule has 0 saturated carbocycles. The summed E-state index contributed by atoms with van der Waals surface area (Å²) in [5.41, 5.74) is -0.163. The zero-order valence-electron chi connectivity index (χ0n) is 11.9. The summed E-state index contributed by atoms with van der Waals surface area (Å²) in [6, 6.07) is 0. The predicted molar refractivity (Wildman–Crippen MR) is 72.4 cm³/mol. The number of thiazole rings is 1. The molecule has 22 heavy (non-hydrogen) atoms. The summed E-state index contributed by atoms with van der Waals surface area (Å²) in [6.07, 6.45) is -3.55. The highest BCUT2D eigenvalue weighted by Crippen LogP contribution is 2.34. The number of halogens is 3. The quantitative estimate of drug-likeness (QED) is 0.796. The van der Waals surface area contributed by atoms with E-state index in [2.05, 4.69) is 4.98 Å². The van der Waals surface area contributed by atoms with Crippen molar-refractivity contribution in [2.45, 2.75) is 25.9 Å². The van der Waals surface area contributed by atoms with Crippen molar-refractivity contribution in [1.29, 1.82) is 0 Å². The number of ether oxygens (including phenoxy) is 1. The van der Waals surface area contributed by atoms with Crippen LogP contribution in [0.3, 0.4) is 0 Å². The summed E-state index contributed by atoms with van der Waals surface area (Å²) in [6.45, 7) is 2.31. The molecule has 122 valence electrons. The van der Waals surface area contributed by atoms with Crippen molar-refractivity contribution >= 4 is 23.2 Å². The summed E-state index contributed by atoms with van der Waals surface area (Å²) in [7, 11) is 0. The van der Waals surface area contributed by atoms with Gasteiger partial charge in [-0.15, -0.1) is 11.3 Å². The van der Waals surface area contributed by atoms with E-state index >= 15 is 0 Å². The van der Waals surface area contributed by atoms with Crippen LogP contribution >= 0.6 is 11.3 Å². The van der Waals surface area contributed by atoms with Crippen molar-refractivity contribution in [3.8, 4) is 0 Å². The minimum absolute atomic E-state index is 0.0763. The van der Waals surface area contributed by atoms with Crippen molar-refractivity contribution in [3.63, 3.8) is 0 Å². The van der Waals surface area contributed by atoms with Gasteiger partial charge in [0, 0.05) is 13.1 Å². The smallest absolute Gasteiger partial charge is 0.434 e. The van der Waals surface area contributed by atoms with Crippen LogP contribution in [0.5, 0.6) is 0 Å². The lowest BCUT2D eigenvalue weighted by atomic mass is 9.98. The Bertz CT molecular complexity index is 559. The predicted octanol–water partition coefficient (Wildman–Crippen LogP) is 2.58. The number of carbonyl (C=O) groups excluding carboxylic acids is 2. The van der Waals surface area contributed by atoms with E-state index in [1.54, 1.807) is 6.92 Å². The first-order chi connectivity index (χ1) is 10.3. The second-order valence-electron chi connectivity index (χ2n) is 4.87. The van der Waals surface area contributed by atoms with E-state index < -0.39 is 34.5 Å². The number of nitrogens with zero attached hydrogens (tertiary/aromatic N) is 2. The molecule has 1 aromatic heterocycles. The highest BCUT2D eigenvalue weighted by Gasteiger charge is 2.40. The molecule has 1 aromatic rings. The van der Waals surface area contributed by atoms with Gasteiger partial charge in [-0.2, -0.15) is 13.2 Å². The van der Waals surface area contributed by atoms with E-state index in [0.717, 1.165) is 5.51 Å². The molecule has 0 aliphatic carbocycles. The molecule has 9 heteroatoms. The SMILES string of the molecule is CCOC(=O)C1CCCN(C(=O)c2scnc2C(F)(F)F)C1. The van der Waals surface area contributed by atoms with E-state index in [0.29, 0.717) is 30.7 Å². The van der Waals surface area contributed by atoms with Crippen LogP contribution in [0.1, 0.15) is 35.1 Å². The number of esters is 1. The second kappa shape index (κ2) is 6.64. The number of amides is 1. The fraction of sp³-hybridized carbons (Fsp3) is 0.615. The minimum Gasteiger partial charge on any atom is -0.466 e. The molecule has 0 spiro atoms. The molecule has 1 saturated heterocycles. The number of hydrogen-bond acceptors (Lipinski definition) is 5. The molecular formula is C13H15F3N2O3S. The van der Waals surface area contributed by atoms with Gasteiger partial charge in [0.1, 0.15) is 4.88 Å². The van der Waals surface area contributed by atoms with Crippen molar-refractivity contribution < 1.29 is 27.5 Å². The van der Waals surface area contributed by atoms with Gasteiger partial charge < -0.3 is 9.64 Å². The summed E-state index contributed by atoms with van der Waals surface area (Å²) < 4.78 is 43.4. The summed E-state index contributed by atoms with van der Waals surface area (Å²) in [4.78, 5) is 28.1. The molecule has 1 aliphatic rings. The maximum atomic E-state index is 12.8. The van der Waals surface area contributed by atoms with Crippen molar-refractivity contribution in [2.24, 2.45) is 5.92 Å². The number of aromatic nitrogens is 1. The molecule has 2 heterocycles. The van der Waals surface area contributed by atoms with E-state index in [1.807, 2.05) is 0 Å². The average molecular weight is 336 g/mol. The molecule has 1 unspecified atom stereocenters. The Kier molecular flexibility index (Phi) is 5.05. The molecule has 5 nitrogen and oxygen atoms in total. The normalized spacial score (nSPS) is 19.1. The largest absolute Gasteiger partial charge is 0.466 e. The first-order valence-electron chi connectivity index (χ1n) is 6.81. The number of piperidine rings is 1. The molecule has 1 fully saturated rings. The molecule has 0 radical (unpaired) electrons. The van der Waals surface area contributed by atoms with Gasteiger partial charge in [0.2, 0.25) is 0 Å². The molecule has 1 amide bonds. The Balaban J connectivity index is 2.13. The minimum atomic E-state index is -4.67. The van der Waals surface area contributed by atoms with E-state index in [4.69, 9.17) is 4.74 Å². The van der Waals surface area contributed by atoms with Gasteiger partial charge in [0.15, 0.2) is 5.69 Å². The molecular weight excluding hydrogens is 321 g/mol. The van der Waals surface area contributed by atoms with Crippen LogP contribution < -0.4 is 0 Å². The Morgan fingerprint density at radius 2 is 2.23 bits per heavy atom. The third kappa shape index (κ3) is 3.57. The van der Waals surface area contributed by atoms with Crippen LogP contribution in [0.2, 0.25) is 0 Å². The zero-order chi connectivity index (χ0) is 16.3. The molecule has 1 atom stereocenters. The Labute approximate surface area is 129 Å². The topological polar surface area (TPSA) is 59.5 Å². The maximum Gasteiger partial charge on any atom is 0.434 e. The third-order valence-electron chi connectivity index (χ3n) is 3.36. The zero-order valence-corrected chi connectivity index (χ0v) is 12.7. The molecule has 0 N–H and O–H groups in total. The number of carbonyl (C=O) groups is 2. The number of alkyl halides is 3. The molecule has 2 rings (SSSR count). The number of hydrogen-bond donors (Lipinski definition) is 0. The standard InChI is InChI=1S/C13H15F3N2O3S/c1-2-21-12(20)8-4-3-5-18(6-8)11(19)9-10(13(14,15)16)17-7-22-9/h7-8H,2-6H2,1H3. The van der Waals surface area contributed by atoms with Crippen LogP contribution in [-0.4, -0.2) is 41.5 Å². The van der Waals surface area contributed by atoms with Gasteiger partial charge in [-0.25, -0.2) is 4.98 Å². The van der Waals surface area contributed by atoms with E-state index in [-0.39, 0.29) is 13.2 Å². The lowest BCUT2D eigenvalue weighted by Gasteiger charge is -2.31. The van der Waals surface area contributed by atoms with Gasteiger partial charge in [-0.1, -0.05) is 0 Å². The fourth-order valence-electron chi connectivity index (χ4n) is 2.36. The monoisotopic (exact) mass is 336 g/mol. The lowest BCUT2D eigenvalue weighted by molar-refractivity contribution is -0.149. The van der Waals surface area contributed by atoms with Crippen LogP contribution in [0, 0.1) is 5.92 Å². The highest BCUT2D eigenvalue weighted by molar-refractivity contribution is 7.11. The van der Waals surface area contributed by atoms with Gasteiger partial charge in [0.25, 0.3) is 5.91 Å².